The number of rotatable bonds is 6. The van der Waals surface area contributed by atoms with Crippen LogP contribution in [0.25, 0.3) is 11.0 Å². The Morgan fingerprint density at radius 2 is 2.00 bits per heavy atom. The van der Waals surface area contributed by atoms with Gasteiger partial charge in [-0.15, -0.1) is 0 Å². The molecule has 1 N–H and O–H groups in total. The van der Waals surface area contributed by atoms with Gasteiger partial charge in [0.05, 0.1) is 11.2 Å². The van der Waals surface area contributed by atoms with E-state index >= 15 is 0 Å². The average molecular weight is 505 g/mol. The Hall–Kier alpha value is -3.60. The number of aromatic nitrogens is 3. The highest BCUT2D eigenvalue weighted by atomic mass is 35.5. The van der Waals surface area contributed by atoms with Crippen LogP contribution in [0, 0.1) is 5.82 Å². The highest BCUT2D eigenvalue weighted by Gasteiger charge is 2.41. The van der Waals surface area contributed by atoms with Gasteiger partial charge in [-0.3, -0.25) is 4.79 Å². The van der Waals surface area contributed by atoms with Crippen molar-refractivity contribution in [3.05, 3.63) is 54.1 Å². The van der Waals surface area contributed by atoms with Crippen molar-refractivity contribution < 1.29 is 22.7 Å². The molecule has 0 aliphatic carbocycles. The molecule has 12 heteroatoms. The number of halogens is 4. The average Bonchev–Trinajstić information content (AvgIpc) is 2.87. The third-order valence-electron chi connectivity index (χ3n) is 6.26. The van der Waals surface area contributed by atoms with Gasteiger partial charge in [-0.25, -0.2) is 19.3 Å². The number of anilines is 3. The summed E-state index contributed by atoms with van der Waals surface area (Å²) < 4.78 is 44.0. The van der Waals surface area contributed by atoms with Gasteiger partial charge in [0, 0.05) is 25.2 Å². The van der Waals surface area contributed by atoms with Crippen LogP contribution >= 0.6 is 11.6 Å². The molecule has 2 atom stereocenters. The molecule has 3 fully saturated rings. The minimum Gasteiger partial charge on any atom is -0.433 e. The molecule has 3 aliphatic rings. The second-order valence-corrected chi connectivity index (χ2v) is 8.61. The first-order valence-electron chi connectivity index (χ1n) is 10.9. The lowest BCUT2D eigenvalue weighted by molar-refractivity contribution is -0.131. The maximum absolute atomic E-state index is 14.8. The smallest absolute Gasteiger partial charge is 0.387 e. The molecule has 3 saturated heterocycles. The van der Waals surface area contributed by atoms with Gasteiger partial charge >= 0.3 is 6.61 Å². The minimum atomic E-state index is -3.13. The second-order valence-electron chi connectivity index (χ2n) is 8.23. The molecule has 8 nitrogen and oxygen atoms in total. The van der Waals surface area contributed by atoms with Gasteiger partial charge in [-0.2, -0.15) is 8.78 Å². The fraction of sp³-hybridized carbons (Fsp3) is 0.304. The SMILES string of the molecule is C=CC(=O)N1CC2CC[C@H]1CN2c1ccc2ncnc(Nc3ccc(OC(F)F)c(Cl)c3F)c2n1. The van der Waals surface area contributed by atoms with E-state index in [0.29, 0.717) is 29.9 Å². The number of piperidine rings is 2. The topological polar surface area (TPSA) is 83.5 Å². The summed E-state index contributed by atoms with van der Waals surface area (Å²) in [6.07, 6.45) is 4.49. The molecule has 1 unspecified atom stereocenters. The molecule has 6 rings (SSSR count). The maximum atomic E-state index is 14.8. The molecule has 1 amide bonds. The fourth-order valence-corrected chi connectivity index (χ4v) is 4.83. The van der Waals surface area contributed by atoms with Crippen molar-refractivity contribution in [2.24, 2.45) is 0 Å². The maximum Gasteiger partial charge on any atom is 0.387 e. The van der Waals surface area contributed by atoms with E-state index in [1.165, 1.54) is 18.5 Å². The van der Waals surface area contributed by atoms with E-state index in [-0.39, 0.29) is 29.5 Å². The van der Waals surface area contributed by atoms with Crippen LogP contribution in [-0.2, 0) is 4.79 Å². The molecule has 3 aromatic rings. The predicted molar refractivity (Wildman–Crippen MR) is 125 cm³/mol. The van der Waals surface area contributed by atoms with Crippen molar-refractivity contribution in [3.63, 3.8) is 0 Å². The number of hydrogen-bond donors (Lipinski definition) is 1. The third-order valence-corrected chi connectivity index (χ3v) is 6.62. The molecular weight excluding hydrogens is 485 g/mol. The molecule has 182 valence electrons. The van der Waals surface area contributed by atoms with Crippen molar-refractivity contribution in [1.82, 2.24) is 19.9 Å². The Kier molecular flexibility index (Phi) is 6.10. The van der Waals surface area contributed by atoms with E-state index in [1.54, 1.807) is 6.07 Å². The van der Waals surface area contributed by atoms with Gasteiger partial charge in [0.1, 0.15) is 28.4 Å². The number of benzene rings is 1. The number of piperazine rings is 1. The van der Waals surface area contributed by atoms with Crippen LogP contribution < -0.4 is 15.0 Å². The zero-order valence-electron chi connectivity index (χ0n) is 18.3. The molecule has 5 heterocycles. The summed E-state index contributed by atoms with van der Waals surface area (Å²) >= 11 is 5.87. The molecule has 2 bridgehead atoms. The first kappa shape index (κ1) is 23.2. The van der Waals surface area contributed by atoms with Gasteiger partial charge in [-0.1, -0.05) is 18.2 Å². The molecule has 3 aliphatic heterocycles. The molecule has 35 heavy (non-hydrogen) atoms. The van der Waals surface area contributed by atoms with Crippen LogP contribution in [0.2, 0.25) is 5.02 Å². The van der Waals surface area contributed by atoms with E-state index < -0.39 is 23.2 Å². The molecule has 2 aromatic heterocycles. The normalized spacial score (nSPS) is 19.3. The predicted octanol–water partition coefficient (Wildman–Crippen LogP) is 4.53. The zero-order valence-corrected chi connectivity index (χ0v) is 19.1. The number of alkyl halides is 2. The number of nitrogens with zero attached hydrogens (tertiary/aromatic N) is 5. The summed E-state index contributed by atoms with van der Waals surface area (Å²) in [6, 6.07) is 6.19. The van der Waals surface area contributed by atoms with Crippen LogP contribution in [0.5, 0.6) is 5.75 Å². The van der Waals surface area contributed by atoms with Crippen LogP contribution in [0.15, 0.2) is 43.2 Å². The Bertz CT molecular complexity index is 1310. The Labute approximate surface area is 203 Å². The number of hydrogen-bond acceptors (Lipinski definition) is 7. The van der Waals surface area contributed by atoms with Crippen molar-refractivity contribution in [1.29, 1.82) is 0 Å². The number of pyridine rings is 1. The summed E-state index contributed by atoms with van der Waals surface area (Å²) in [5.41, 5.74) is 0.842. The quantitative estimate of drug-likeness (QED) is 0.494. The van der Waals surface area contributed by atoms with Crippen molar-refractivity contribution in [3.8, 4) is 5.75 Å². The van der Waals surface area contributed by atoms with Gasteiger partial charge < -0.3 is 19.9 Å². The highest BCUT2D eigenvalue weighted by Crippen LogP contribution is 2.36. The number of nitrogens with one attached hydrogen (secondary N) is 1. The largest absolute Gasteiger partial charge is 0.433 e. The van der Waals surface area contributed by atoms with E-state index in [9.17, 15) is 18.0 Å². The standard InChI is InChI=1S/C23H20ClF3N6O2/c1-2-18(34)33-10-12-3-4-13(33)9-32(12)17-8-6-15-21(31-17)22(29-11-28-15)30-14-5-7-16(35-23(26)27)19(24)20(14)25/h2,5-8,11-13,23H,1,3-4,9-10H2,(H,28,29,30)/t12?,13-/m0/s1. The molecular formula is C23H20ClF3N6O2. The Balaban J connectivity index is 1.45. The Morgan fingerprint density at radius 1 is 1.20 bits per heavy atom. The number of amides is 1. The Morgan fingerprint density at radius 3 is 2.71 bits per heavy atom. The van der Waals surface area contributed by atoms with Crippen LogP contribution in [0.1, 0.15) is 12.8 Å². The third kappa shape index (κ3) is 4.31. The summed E-state index contributed by atoms with van der Waals surface area (Å²) in [6.45, 7) is 1.68. The van der Waals surface area contributed by atoms with E-state index in [4.69, 9.17) is 16.6 Å². The van der Waals surface area contributed by atoms with Crippen LogP contribution in [0.4, 0.5) is 30.5 Å². The van der Waals surface area contributed by atoms with E-state index in [2.05, 4.69) is 31.5 Å². The zero-order chi connectivity index (χ0) is 24.7. The lowest BCUT2D eigenvalue weighted by Gasteiger charge is -2.51. The molecule has 0 saturated carbocycles. The fourth-order valence-electron chi connectivity index (χ4n) is 4.62. The number of carbonyl (C=O) groups is 1. The molecule has 0 spiro atoms. The first-order valence-corrected chi connectivity index (χ1v) is 11.2. The first-order chi connectivity index (χ1) is 16.9. The highest BCUT2D eigenvalue weighted by molar-refractivity contribution is 6.32. The molecule has 0 radical (unpaired) electrons. The van der Waals surface area contributed by atoms with Crippen LogP contribution in [0.3, 0.4) is 0 Å². The lowest BCUT2D eigenvalue weighted by Crippen LogP contribution is -2.64. The minimum absolute atomic E-state index is 0.0674. The summed E-state index contributed by atoms with van der Waals surface area (Å²) in [5.74, 6) is -0.596. The summed E-state index contributed by atoms with van der Waals surface area (Å²) in [5, 5.41) is 2.25. The van der Waals surface area contributed by atoms with Gasteiger partial charge in [0.2, 0.25) is 5.91 Å². The number of carbonyl (C=O) groups excluding carboxylic acids is 1. The number of ether oxygens (including phenoxy) is 1. The lowest BCUT2D eigenvalue weighted by atomic mass is 9.90. The van der Waals surface area contributed by atoms with E-state index in [1.807, 2.05) is 11.0 Å². The summed E-state index contributed by atoms with van der Waals surface area (Å²) in [4.78, 5) is 29.4. The van der Waals surface area contributed by atoms with Gasteiger partial charge in [0.25, 0.3) is 0 Å². The van der Waals surface area contributed by atoms with Crippen molar-refractivity contribution >= 4 is 45.9 Å². The number of fused-ring (bicyclic) bond motifs is 4. The van der Waals surface area contributed by atoms with E-state index in [0.717, 1.165) is 18.9 Å². The van der Waals surface area contributed by atoms with Crippen LogP contribution in [-0.4, -0.2) is 57.5 Å². The van der Waals surface area contributed by atoms with Crippen molar-refractivity contribution in [2.75, 3.05) is 23.3 Å². The van der Waals surface area contributed by atoms with Gasteiger partial charge in [-0.05, 0) is 43.2 Å². The second kappa shape index (κ2) is 9.21. The van der Waals surface area contributed by atoms with Gasteiger partial charge in [0.15, 0.2) is 11.6 Å². The summed E-state index contributed by atoms with van der Waals surface area (Å²) in [7, 11) is 0. The van der Waals surface area contributed by atoms with Crippen molar-refractivity contribution in [2.45, 2.75) is 31.5 Å². The molecule has 1 aromatic carbocycles. The monoisotopic (exact) mass is 504 g/mol.